The fourth-order valence-electron chi connectivity index (χ4n) is 6.08. The Morgan fingerprint density at radius 1 is 1.02 bits per heavy atom. The van der Waals surface area contributed by atoms with E-state index in [9.17, 15) is 14.7 Å². The van der Waals surface area contributed by atoms with Gasteiger partial charge in [-0.05, 0) is 108 Å². The Hall–Kier alpha value is -5.19. The van der Waals surface area contributed by atoms with E-state index in [4.69, 9.17) is 28.9 Å². The van der Waals surface area contributed by atoms with Crippen molar-refractivity contribution in [3.05, 3.63) is 80.8 Å². The molecule has 5 rings (SSSR count). The summed E-state index contributed by atoms with van der Waals surface area (Å²) in [6.45, 7) is 16.2. The summed E-state index contributed by atoms with van der Waals surface area (Å²) in [7, 11) is 1.64. The van der Waals surface area contributed by atoms with Crippen molar-refractivity contribution >= 4 is 69.8 Å². The fourth-order valence-corrected chi connectivity index (χ4v) is 8.99. The molecular formula is C46H60FN7O7S2Si. The molecular weight excluding hydrogens is 874 g/mol. The normalized spacial score (nSPS) is 12.0. The molecule has 64 heavy (non-hydrogen) atoms. The molecule has 0 radical (unpaired) electrons. The molecule has 3 heterocycles. The highest BCUT2D eigenvalue weighted by atomic mass is 32.1. The van der Waals surface area contributed by atoms with Crippen LogP contribution in [-0.2, 0) is 27.4 Å². The average Bonchev–Trinajstić information content (AvgIpc) is 3.82. The molecule has 0 atom stereocenters. The lowest BCUT2D eigenvalue weighted by atomic mass is 10.2. The van der Waals surface area contributed by atoms with E-state index in [0.717, 1.165) is 39.5 Å². The van der Waals surface area contributed by atoms with Crippen LogP contribution < -0.4 is 14.4 Å². The Labute approximate surface area is 384 Å². The number of ether oxygens (including phenoxy) is 4. The Balaban J connectivity index is 1.31. The summed E-state index contributed by atoms with van der Waals surface area (Å²) in [6, 6.07) is 15.6. The smallest absolute Gasteiger partial charge is 0.410 e. The number of unbranched alkanes of at least 4 members (excludes halogenated alkanes) is 2. The maximum absolute atomic E-state index is 15.0. The van der Waals surface area contributed by atoms with Crippen molar-refractivity contribution in [2.45, 2.75) is 97.8 Å². The van der Waals surface area contributed by atoms with Gasteiger partial charge in [-0.25, -0.2) is 19.0 Å². The minimum atomic E-state index is -1.25. The van der Waals surface area contributed by atoms with Gasteiger partial charge in [0.05, 0.1) is 30.5 Å². The SMILES string of the molecule is COC(=O)c1nc(N(CCCCCO)c2cc(C)c(N=c3sc4ccccc4n3COCC[Si](C)(C)C)nn2)sc1CCCOc1ccc(C#CCN(C)C(=O)OC(C)(C)C)cc1F. The number of aliphatic hydroxyl groups excluding tert-OH is 1. The van der Waals surface area contributed by atoms with Gasteiger partial charge < -0.3 is 33.9 Å². The Bertz CT molecular complexity index is 2500. The molecule has 0 spiro atoms. The van der Waals surface area contributed by atoms with Crippen LogP contribution in [0.1, 0.15) is 72.9 Å². The zero-order chi connectivity index (χ0) is 46.4. The molecule has 1 amide bonds. The molecule has 18 heteroatoms. The van der Waals surface area contributed by atoms with Crippen LogP contribution in [0.5, 0.6) is 5.75 Å². The molecule has 1 N–H and O–H groups in total. The maximum atomic E-state index is 15.0. The van der Waals surface area contributed by atoms with Crippen LogP contribution in [0.25, 0.3) is 10.2 Å². The number of para-hydroxylation sites is 1. The van der Waals surface area contributed by atoms with Crippen LogP contribution in [0, 0.1) is 24.6 Å². The van der Waals surface area contributed by atoms with Gasteiger partial charge in [-0.1, -0.05) is 55.0 Å². The third kappa shape index (κ3) is 14.7. The number of aromatic nitrogens is 4. The molecule has 0 aliphatic carbocycles. The van der Waals surface area contributed by atoms with Crippen molar-refractivity contribution in [3.63, 3.8) is 0 Å². The minimum Gasteiger partial charge on any atom is -0.491 e. The minimum absolute atomic E-state index is 0.0701. The van der Waals surface area contributed by atoms with Crippen LogP contribution >= 0.6 is 22.7 Å². The van der Waals surface area contributed by atoms with Gasteiger partial charge in [0.25, 0.3) is 0 Å². The summed E-state index contributed by atoms with van der Waals surface area (Å²) in [5.74, 6) is 5.68. The van der Waals surface area contributed by atoms with Crippen molar-refractivity contribution < 1.29 is 38.0 Å². The first-order valence-corrected chi connectivity index (χ1v) is 26.7. The first-order chi connectivity index (χ1) is 30.5. The molecule has 0 unspecified atom stereocenters. The summed E-state index contributed by atoms with van der Waals surface area (Å²) in [6.07, 6.45) is 2.52. The van der Waals surface area contributed by atoms with E-state index >= 15 is 4.39 Å². The van der Waals surface area contributed by atoms with Crippen LogP contribution in [0.3, 0.4) is 0 Å². The Kier molecular flexibility index (Phi) is 18.0. The lowest BCUT2D eigenvalue weighted by Gasteiger charge is -2.23. The number of aryl methyl sites for hydroxylation is 2. The van der Waals surface area contributed by atoms with E-state index < -0.39 is 31.6 Å². The molecule has 2 aromatic carbocycles. The zero-order valence-electron chi connectivity index (χ0n) is 38.3. The van der Waals surface area contributed by atoms with Crippen LogP contribution in [-0.4, -0.2) is 103 Å². The zero-order valence-corrected chi connectivity index (χ0v) is 41.0. The lowest BCUT2D eigenvalue weighted by Crippen LogP contribution is -2.34. The monoisotopic (exact) mass is 933 g/mol. The maximum Gasteiger partial charge on any atom is 0.410 e. The molecule has 0 saturated carbocycles. The molecule has 344 valence electrons. The molecule has 0 bridgehead atoms. The van der Waals surface area contributed by atoms with Gasteiger partial charge in [0.1, 0.15) is 12.3 Å². The topological polar surface area (TPSA) is 154 Å². The highest BCUT2D eigenvalue weighted by molar-refractivity contribution is 7.16. The second-order valence-corrected chi connectivity index (χ2v) is 25.1. The second-order valence-electron chi connectivity index (χ2n) is 17.4. The summed E-state index contributed by atoms with van der Waals surface area (Å²) in [4.78, 5) is 39.7. The standard InChI is InChI=1S/C46H60FN7O7S2Si/c1-32-29-39(50-51-41(32)49-44-54(31-59-27-28-64(7,8)9)35-18-11-12-19-37(35)62-44)53(24-13-10-14-25-55)43-48-40(42(56)58-6)38(63-43)20-16-26-60-36-22-21-33(30-34(36)47)17-15-23-52(5)45(57)61-46(2,3)4/h11-12,18-19,21-22,29-30,55H,10,13-14,16,20,23-28,31H2,1-9H3. The number of aliphatic hydroxyl groups is 1. The van der Waals surface area contributed by atoms with E-state index in [2.05, 4.69) is 58.4 Å². The van der Waals surface area contributed by atoms with Crippen LogP contribution in [0.4, 0.5) is 26.0 Å². The van der Waals surface area contributed by atoms with Gasteiger partial charge in [-0.3, -0.25) is 4.57 Å². The molecule has 0 fully saturated rings. The third-order valence-electron chi connectivity index (χ3n) is 9.56. The van der Waals surface area contributed by atoms with Gasteiger partial charge in [-0.15, -0.1) is 21.5 Å². The molecule has 3 aromatic heterocycles. The first-order valence-electron chi connectivity index (χ1n) is 21.3. The number of rotatable bonds is 20. The number of nitrogens with zero attached hydrogens (tertiary/aromatic N) is 7. The number of fused-ring (bicyclic) bond motifs is 1. The highest BCUT2D eigenvalue weighted by Crippen LogP contribution is 2.34. The van der Waals surface area contributed by atoms with Crippen molar-refractivity contribution in [1.29, 1.82) is 0 Å². The van der Waals surface area contributed by atoms with Crippen molar-refractivity contribution in [2.75, 3.05) is 52.0 Å². The van der Waals surface area contributed by atoms with Crippen LogP contribution in [0.15, 0.2) is 53.5 Å². The number of amides is 1. The van der Waals surface area contributed by atoms with Crippen molar-refractivity contribution in [3.8, 4) is 17.6 Å². The number of carbonyl (C=O) groups is 2. The van der Waals surface area contributed by atoms with Gasteiger partial charge in [0, 0.05) is 45.3 Å². The van der Waals surface area contributed by atoms with Gasteiger partial charge >= 0.3 is 12.1 Å². The van der Waals surface area contributed by atoms with Crippen molar-refractivity contribution in [2.24, 2.45) is 4.99 Å². The number of esters is 1. The molecule has 0 aliphatic rings. The van der Waals surface area contributed by atoms with Gasteiger partial charge in [0.2, 0.25) is 0 Å². The Morgan fingerprint density at radius 2 is 1.80 bits per heavy atom. The summed E-state index contributed by atoms with van der Waals surface area (Å²) >= 11 is 2.91. The van der Waals surface area contributed by atoms with E-state index in [-0.39, 0.29) is 31.2 Å². The number of benzene rings is 2. The number of carbonyl (C=O) groups excluding carboxylic acids is 2. The molecule has 14 nitrogen and oxygen atoms in total. The number of anilines is 2. The number of halogens is 1. The number of hydrogen-bond acceptors (Lipinski definition) is 14. The largest absolute Gasteiger partial charge is 0.491 e. The summed E-state index contributed by atoms with van der Waals surface area (Å²) in [5.41, 5.74) is 1.84. The fraction of sp³-hybridized carbons (Fsp3) is 0.478. The second kappa shape index (κ2) is 23.1. The number of hydrogen-bond donors (Lipinski definition) is 1. The number of methoxy groups -OCH3 is 1. The highest BCUT2D eigenvalue weighted by Gasteiger charge is 2.24. The summed E-state index contributed by atoms with van der Waals surface area (Å²) < 4.78 is 40.6. The van der Waals surface area contributed by atoms with E-state index in [1.807, 2.05) is 30.0 Å². The number of thiazole rings is 2. The molecule has 0 aliphatic heterocycles. The average molecular weight is 934 g/mol. The van der Waals surface area contributed by atoms with E-state index in [1.54, 1.807) is 45.2 Å². The Morgan fingerprint density at radius 3 is 2.50 bits per heavy atom. The third-order valence-corrected chi connectivity index (χ3v) is 13.5. The first kappa shape index (κ1) is 49.8. The van der Waals surface area contributed by atoms with Gasteiger partial charge in [0.15, 0.2) is 38.8 Å². The molecule has 0 saturated heterocycles. The van der Waals surface area contributed by atoms with Crippen LogP contribution in [0.2, 0.25) is 25.7 Å². The van der Waals surface area contributed by atoms with E-state index in [0.29, 0.717) is 66.4 Å². The molecule has 5 aromatic rings. The quantitative estimate of drug-likeness (QED) is 0.0344. The van der Waals surface area contributed by atoms with Crippen molar-refractivity contribution in [1.82, 2.24) is 24.6 Å². The predicted molar refractivity (Wildman–Crippen MR) is 253 cm³/mol. The lowest BCUT2D eigenvalue weighted by molar-refractivity contribution is 0.0320. The van der Waals surface area contributed by atoms with E-state index in [1.165, 1.54) is 35.5 Å². The predicted octanol–water partition coefficient (Wildman–Crippen LogP) is 9.26. The van der Waals surface area contributed by atoms with Gasteiger partial charge in [-0.2, -0.15) is 4.99 Å². The summed E-state index contributed by atoms with van der Waals surface area (Å²) in [5, 5.41) is 19.2.